The van der Waals surface area contributed by atoms with E-state index in [0.29, 0.717) is 11.4 Å². The fraction of sp³-hybridized carbons (Fsp3) is 0.211. The van der Waals surface area contributed by atoms with E-state index >= 15 is 0 Å². The van der Waals surface area contributed by atoms with Gasteiger partial charge < -0.3 is 4.74 Å². The van der Waals surface area contributed by atoms with Crippen molar-refractivity contribution in [3.05, 3.63) is 64.7 Å². The van der Waals surface area contributed by atoms with E-state index < -0.39 is 10.0 Å². The lowest BCUT2D eigenvalue weighted by molar-refractivity contribution is 0.402. The second kappa shape index (κ2) is 7.57. The highest BCUT2D eigenvalue weighted by atomic mass is 32.2. The van der Waals surface area contributed by atoms with Gasteiger partial charge in [-0.15, -0.1) is 11.3 Å². The van der Waals surface area contributed by atoms with Crippen molar-refractivity contribution in [2.75, 3.05) is 7.11 Å². The molecule has 136 valence electrons. The first kappa shape index (κ1) is 18.6. The van der Waals surface area contributed by atoms with Crippen molar-refractivity contribution in [3.63, 3.8) is 0 Å². The third-order valence-electron chi connectivity index (χ3n) is 3.98. The summed E-state index contributed by atoms with van der Waals surface area (Å²) in [6.45, 7) is 4.00. The number of hydrogen-bond donors (Lipinski definition) is 1. The molecule has 0 fully saturated rings. The summed E-state index contributed by atoms with van der Waals surface area (Å²) in [5.74, 6) is 0.321. The topological polar surface area (TPSA) is 68.3 Å². The number of nitrogens with one attached hydrogen (secondary N) is 1. The summed E-state index contributed by atoms with van der Waals surface area (Å²) < 4.78 is 33.1. The fourth-order valence-electron chi connectivity index (χ4n) is 2.57. The Labute approximate surface area is 157 Å². The van der Waals surface area contributed by atoms with Crippen LogP contribution in [0.3, 0.4) is 0 Å². The first-order valence-electron chi connectivity index (χ1n) is 8.05. The molecule has 1 aromatic heterocycles. The molecule has 26 heavy (non-hydrogen) atoms. The largest absolute Gasteiger partial charge is 0.495 e. The normalized spacial score (nSPS) is 11.5. The number of methoxy groups -OCH3 is 1. The van der Waals surface area contributed by atoms with E-state index in [4.69, 9.17) is 4.74 Å². The van der Waals surface area contributed by atoms with Gasteiger partial charge in [-0.1, -0.05) is 30.3 Å². The molecule has 7 heteroatoms. The smallest absolute Gasteiger partial charge is 0.244 e. The molecule has 3 rings (SSSR count). The van der Waals surface area contributed by atoms with Gasteiger partial charge in [0.25, 0.3) is 0 Å². The molecule has 0 bridgehead atoms. The van der Waals surface area contributed by atoms with Gasteiger partial charge in [-0.05, 0) is 37.1 Å². The predicted molar refractivity (Wildman–Crippen MR) is 104 cm³/mol. The molecule has 2 aromatic carbocycles. The van der Waals surface area contributed by atoms with Gasteiger partial charge in [0.1, 0.15) is 15.7 Å². The molecule has 5 nitrogen and oxygen atoms in total. The minimum Gasteiger partial charge on any atom is -0.495 e. The molecule has 0 saturated heterocycles. The summed E-state index contributed by atoms with van der Waals surface area (Å²) in [7, 11) is -2.24. The van der Waals surface area contributed by atoms with Crippen LogP contribution in [0.4, 0.5) is 0 Å². The maximum absolute atomic E-state index is 12.7. The highest BCUT2D eigenvalue weighted by molar-refractivity contribution is 7.89. The highest BCUT2D eigenvalue weighted by Crippen LogP contribution is 2.27. The highest BCUT2D eigenvalue weighted by Gasteiger charge is 2.20. The second-order valence-corrected chi connectivity index (χ2v) is 8.53. The molecule has 0 atom stereocenters. The summed E-state index contributed by atoms with van der Waals surface area (Å²) in [5, 5.41) is 2.75. The van der Waals surface area contributed by atoms with Crippen molar-refractivity contribution in [1.82, 2.24) is 9.71 Å². The first-order valence-corrected chi connectivity index (χ1v) is 10.4. The lowest BCUT2D eigenvalue weighted by atomic mass is 10.1. The molecule has 0 radical (unpaired) electrons. The molecule has 0 aliphatic heterocycles. The van der Waals surface area contributed by atoms with Gasteiger partial charge in [0, 0.05) is 10.9 Å². The molecular weight excluding hydrogens is 368 g/mol. The van der Waals surface area contributed by atoms with Crippen molar-refractivity contribution < 1.29 is 13.2 Å². The minimum atomic E-state index is -3.70. The number of nitrogens with zero attached hydrogens (tertiary/aromatic N) is 1. The van der Waals surface area contributed by atoms with E-state index in [1.807, 2.05) is 49.6 Å². The number of hydrogen-bond acceptors (Lipinski definition) is 5. The average Bonchev–Trinajstić information content (AvgIpc) is 3.09. The molecule has 0 unspecified atom stereocenters. The van der Waals surface area contributed by atoms with E-state index in [9.17, 15) is 8.42 Å². The maximum Gasteiger partial charge on any atom is 0.244 e. The van der Waals surface area contributed by atoms with E-state index in [1.54, 1.807) is 12.1 Å². The molecule has 0 amide bonds. The van der Waals surface area contributed by atoms with Crippen molar-refractivity contribution in [1.29, 1.82) is 0 Å². The Morgan fingerprint density at radius 3 is 2.65 bits per heavy atom. The van der Waals surface area contributed by atoms with Crippen LogP contribution in [0, 0.1) is 13.8 Å². The van der Waals surface area contributed by atoms with E-state index in [-0.39, 0.29) is 11.4 Å². The van der Waals surface area contributed by atoms with Gasteiger partial charge >= 0.3 is 0 Å². The van der Waals surface area contributed by atoms with Gasteiger partial charge in [0.05, 0.1) is 19.3 Å². The van der Waals surface area contributed by atoms with Gasteiger partial charge in [-0.25, -0.2) is 18.1 Å². The second-order valence-electron chi connectivity index (χ2n) is 5.94. The zero-order valence-electron chi connectivity index (χ0n) is 14.8. The third kappa shape index (κ3) is 3.95. The quantitative estimate of drug-likeness (QED) is 0.695. The molecule has 0 spiro atoms. The van der Waals surface area contributed by atoms with Crippen LogP contribution in [-0.4, -0.2) is 20.5 Å². The van der Waals surface area contributed by atoms with Crippen LogP contribution in [0.1, 0.15) is 16.8 Å². The number of aryl methyl sites for hydroxylation is 2. The number of benzene rings is 2. The summed E-state index contributed by atoms with van der Waals surface area (Å²) in [6.07, 6.45) is 0. The van der Waals surface area contributed by atoms with Crippen LogP contribution in [-0.2, 0) is 16.6 Å². The van der Waals surface area contributed by atoms with Crippen LogP contribution in [0.25, 0.3) is 10.6 Å². The third-order valence-corrected chi connectivity index (χ3v) is 6.33. The Morgan fingerprint density at radius 2 is 1.92 bits per heavy atom. The Balaban J connectivity index is 1.79. The first-order chi connectivity index (χ1) is 12.4. The number of sulfonamides is 1. The van der Waals surface area contributed by atoms with E-state index in [1.165, 1.54) is 18.4 Å². The molecule has 1 heterocycles. The zero-order chi connectivity index (χ0) is 18.7. The number of thiazole rings is 1. The number of aromatic nitrogens is 1. The lowest BCUT2D eigenvalue weighted by Gasteiger charge is -2.11. The zero-order valence-corrected chi connectivity index (χ0v) is 16.4. The van der Waals surface area contributed by atoms with E-state index in [2.05, 4.69) is 9.71 Å². The number of ether oxygens (including phenoxy) is 1. The molecule has 0 aliphatic carbocycles. The average molecular weight is 389 g/mol. The summed E-state index contributed by atoms with van der Waals surface area (Å²) >= 11 is 1.50. The SMILES string of the molecule is COc1ccc(C)cc1S(=O)(=O)NCc1csc(-c2ccccc2C)n1. The summed E-state index contributed by atoms with van der Waals surface area (Å²) in [4.78, 5) is 4.69. The van der Waals surface area contributed by atoms with Gasteiger partial charge in [0.2, 0.25) is 10.0 Å². The molecule has 0 saturated carbocycles. The van der Waals surface area contributed by atoms with Crippen molar-refractivity contribution >= 4 is 21.4 Å². The minimum absolute atomic E-state index is 0.127. The van der Waals surface area contributed by atoms with Crippen molar-refractivity contribution in [2.45, 2.75) is 25.3 Å². The van der Waals surface area contributed by atoms with Crippen molar-refractivity contribution in [3.8, 4) is 16.3 Å². The Hall–Kier alpha value is -2.22. The van der Waals surface area contributed by atoms with Gasteiger partial charge in [0.15, 0.2) is 0 Å². The maximum atomic E-state index is 12.7. The van der Waals surface area contributed by atoms with Gasteiger partial charge in [-0.3, -0.25) is 0 Å². The van der Waals surface area contributed by atoms with Crippen molar-refractivity contribution in [2.24, 2.45) is 0 Å². The standard InChI is InChI=1S/C19H20N2O3S2/c1-13-8-9-17(24-3)18(10-13)26(22,23)20-11-15-12-25-19(21-15)16-7-5-4-6-14(16)2/h4-10,12,20H,11H2,1-3H3. The Kier molecular flexibility index (Phi) is 5.41. The van der Waals surface area contributed by atoms with Gasteiger partial charge in [-0.2, -0.15) is 0 Å². The number of rotatable bonds is 6. The van der Waals surface area contributed by atoms with Crippen LogP contribution >= 0.6 is 11.3 Å². The van der Waals surface area contributed by atoms with Crippen LogP contribution in [0.5, 0.6) is 5.75 Å². The van der Waals surface area contributed by atoms with Crippen LogP contribution in [0.15, 0.2) is 52.7 Å². The Morgan fingerprint density at radius 1 is 1.15 bits per heavy atom. The lowest BCUT2D eigenvalue weighted by Crippen LogP contribution is -2.24. The summed E-state index contributed by atoms with van der Waals surface area (Å²) in [6, 6.07) is 13.1. The van der Waals surface area contributed by atoms with E-state index in [0.717, 1.165) is 21.7 Å². The molecular formula is C19H20N2O3S2. The molecule has 1 N–H and O–H groups in total. The molecule has 0 aliphatic rings. The predicted octanol–water partition coefficient (Wildman–Crippen LogP) is 3.91. The monoisotopic (exact) mass is 388 g/mol. The summed E-state index contributed by atoms with van der Waals surface area (Å²) in [5.41, 5.74) is 3.73. The fourth-order valence-corrected chi connectivity index (χ4v) is 4.73. The Bertz CT molecular complexity index is 1030. The molecule has 3 aromatic rings. The van der Waals surface area contributed by atoms with Crippen LogP contribution in [0.2, 0.25) is 0 Å². The van der Waals surface area contributed by atoms with Crippen LogP contribution < -0.4 is 9.46 Å².